The second-order valence-corrected chi connectivity index (χ2v) is 6.47. The summed E-state index contributed by atoms with van der Waals surface area (Å²) >= 11 is 5.22. The lowest BCUT2D eigenvalue weighted by molar-refractivity contribution is 0.414. The van der Waals surface area contributed by atoms with Crippen LogP contribution in [0.5, 0.6) is 0 Å². The largest absolute Gasteiger partial charge is 0.357 e. The molecule has 90 valence electrons. The number of hydrogen-bond donors (Lipinski definition) is 1. The predicted molar refractivity (Wildman–Crippen MR) is 76.8 cm³/mol. The Morgan fingerprint density at radius 2 is 2.41 bits per heavy atom. The molecule has 1 unspecified atom stereocenters. The lowest BCUT2D eigenvalue weighted by atomic mass is 10.3. The molecular formula is C12H14BrN3S. The Hall–Kier alpha value is -0.650. The molecule has 0 radical (unpaired) electrons. The molecular weight excluding hydrogens is 298 g/mol. The number of likely N-dealkylation sites (N-methyl/N-ethyl adjacent to an activating group) is 1. The zero-order chi connectivity index (χ0) is 11.8. The van der Waals surface area contributed by atoms with Gasteiger partial charge in [-0.1, -0.05) is 27.3 Å². The first-order chi connectivity index (χ1) is 8.20. The van der Waals surface area contributed by atoms with Gasteiger partial charge in [-0.05, 0) is 38.2 Å². The second-order valence-electron chi connectivity index (χ2n) is 4.52. The molecule has 0 bridgehead atoms. The van der Waals surface area contributed by atoms with Crippen LogP contribution in [0.2, 0.25) is 0 Å². The standard InChI is InChI=1S/C12H14BrN3S/c1-16-5-4-9(7-16)14-12-15-10-3-2-8(13)6-11(10)17-12/h2-3,6,9H,4-5,7H2,1H3,(H,14,15). The SMILES string of the molecule is CN1CCC(Nc2nc3ccc(Br)cc3s2)C1. The topological polar surface area (TPSA) is 28.2 Å². The number of benzene rings is 1. The van der Waals surface area contributed by atoms with E-state index < -0.39 is 0 Å². The summed E-state index contributed by atoms with van der Waals surface area (Å²) in [6, 6.07) is 6.76. The van der Waals surface area contributed by atoms with Gasteiger partial charge in [-0.15, -0.1) is 0 Å². The van der Waals surface area contributed by atoms with Crippen molar-refractivity contribution >= 4 is 42.6 Å². The minimum atomic E-state index is 0.545. The van der Waals surface area contributed by atoms with Gasteiger partial charge in [0, 0.05) is 17.1 Å². The van der Waals surface area contributed by atoms with Crippen molar-refractivity contribution in [3.8, 4) is 0 Å². The first-order valence-corrected chi connectivity index (χ1v) is 7.33. The Balaban J connectivity index is 1.81. The van der Waals surface area contributed by atoms with Crippen molar-refractivity contribution in [3.05, 3.63) is 22.7 Å². The van der Waals surface area contributed by atoms with Crippen LogP contribution in [0.25, 0.3) is 10.2 Å². The first-order valence-electron chi connectivity index (χ1n) is 5.72. The van der Waals surface area contributed by atoms with E-state index in [1.807, 2.05) is 6.07 Å². The van der Waals surface area contributed by atoms with Gasteiger partial charge in [0.2, 0.25) is 0 Å². The molecule has 17 heavy (non-hydrogen) atoms. The number of hydrogen-bond acceptors (Lipinski definition) is 4. The number of nitrogens with one attached hydrogen (secondary N) is 1. The fourth-order valence-corrected chi connectivity index (χ4v) is 3.68. The average molecular weight is 312 g/mol. The van der Waals surface area contributed by atoms with Gasteiger partial charge in [-0.2, -0.15) is 0 Å². The van der Waals surface area contributed by atoms with Gasteiger partial charge < -0.3 is 10.2 Å². The van der Waals surface area contributed by atoms with Crippen molar-refractivity contribution in [2.45, 2.75) is 12.5 Å². The number of thiazole rings is 1. The van der Waals surface area contributed by atoms with Crippen LogP contribution in [0.4, 0.5) is 5.13 Å². The van der Waals surface area contributed by atoms with Crippen LogP contribution < -0.4 is 5.32 Å². The average Bonchev–Trinajstić information content (AvgIpc) is 2.84. The molecule has 0 aliphatic carbocycles. The molecule has 2 aromatic rings. The van der Waals surface area contributed by atoms with Crippen molar-refractivity contribution < 1.29 is 0 Å². The number of fused-ring (bicyclic) bond motifs is 1. The fourth-order valence-electron chi connectivity index (χ4n) is 2.19. The van der Waals surface area contributed by atoms with Crippen LogP contribution in [0.3, 0.4) is 0 Å². The summed E-state index contributed by atoms with van der Waals surface area (Å²) in [6.07, 6.45) is 1.20. The number of rotatable bonds is 2. The Morgan fingerprint density at radius 1 is 1.53 bits per heavy atom. The third-order valence-corrected chi connectivity index (χ3v) is 4.51. The molecule has 1 fully saturated rings. The van der Waals surface area contributed by atoms with Crippen molar-refractivity contribution in [2.75, 3.05) is 25.5 Å². The maximum absolute atomic E-state index is 4.61. The number of likely N-dealkylation sites (tertiary alicyclic amines) is 1. The first kappa shape index (κ1) is 11.4. The minimum absolute atomic E-state index is 0.545. The van der Waals surface area contributed by atoms with Gasteiger partial charge in [0.15, 0.2) is 5.13 Å². The molecule has 0 amide bonds. The predicted octanol–water partition coefficient (Wildman–Crippen LogP) is 3.17. The summed E-state index contributed by atoms with van der Waals surface area (Å²) in [5.41, 5.74) is 1.08. The van der Waals surface area contributed by atoms with E-state index in [1.165, 1.54) is 17.7 Å². The molecule has 2 heterocycles. The Bertz CT molecular complexity index is 540. The molecule has 0 saturated carbocycles. The van der Waals surface area contributed by atoms with Gasteiger partial charge in [0.25, 0.3) is 0 Å². The Morgan fingerprint density at radius 3 is 3.18 bits per heavy atom. The van der Waals surface area contributed by atoms with E-state index in [0.717, 1.165) is 21.7 Å². The lowest BCUT2D eigenvalue weighted by Gasteiger charge is -2.10. The van der Waals surface area contributed by atoms with Crippen molar-refractivity contribution in [3.63, 3.8) is 0 Å². The summed E-state index contributed by atoms with van der Waals surface area (Å²) in [5.74, 6) is 0. The minimum Gasteiger partial charge on any atom is -0.357 e. The van der Waals surface area contributed by atoms with E-state index in [2.05, 4.69) is 50.3 Å². The molecule has 1 aromatic heterocycles. The summed E-state index contributed by atoms with van der Waals surface area (Å²) in [6.45, 7) is 2.29. The smallest absolute Gasteiger partial charge is 0.184 e. The van der Waals surface area contributed by atoms with Gasteiger partial charge >= 0.3 is 0 Å². The van der Waals surface area contributed by atoms with Crippen LogP contribution in [-0.2, 0) is 0 Å². The van der Waals surface area contributed by atoms with E-state index in [1.54, 1.807) is 11.3 Å². The van der Waals surface area contributed by atoms with Crippen LogP contribution in [0, 0.1) is 0 Å². The maximum Gasteiger partial charge on any atom is 0.184 e. The van der Waals surface area contributed by atoms with Crippen LogP contribution in [-0.4, -0.2) is 36.1 Å². The quantitative estimate of drug-likeness (QED) is 0.923. The van der Waals surface area contributed by atoms with Crippen LogP contribution in [0.1, 0.15) is 6.42 Å². The fraction of sp³-hybridized carbons (Fsp3) is 0.417. The third kappa shape index (κ3) is 2.46. The highest BCUT2D eigenvalue weighted by Crippen LogP contribution is 2.29. The maximum atomic E-state index is 4.61. The van der Waals surface area contributed by atoms with Crippen molar-refractivity contribution in [1.29, 1.82) is 0 Å². The molecule has 1 N–H and O–H groups in total. The molecule has 3 nitrogen and oxygen atoms in total. The van der Waals surface area contributed by atoms with Gasteiger partial charge in [-0.3, -0.25) is 0 Å². The van der Waals surface area contributed by atoms with E-state index in [0.29, 0.717) is 6.04 Å². The molecule has 1 aromatic carbocycles. The molecule has 3 rings (SSSR count). The number of aromatic nitrogens is 1. The second kappa shape index (κ2) is 4.55. The van der Waals surface area contributed by atoms with Crippen molar-refractivity contribution in [1.82, 2.24) is 9.88 Å². The van der Waals surface area contributed by atoms with E-state index in [4.69, 9.17) is 0 Å². The zero-order valence-electron chi connectivity index (χ0n) is 9.61. The molecule has 1 atom stereocenters. The Labute approximate surface area is 113 Å². The van der Waals surface area contributed by atoms with E-state index >= 15 is 0 Å². The summed E-state index contributed by atoms with van der Waals surface area (Å²) in [5, 5.41) is 4.57. The highest BCUT2D eigenvalue weighted by molar-refractivity contribution is 9.10. The monoisotopic (exact) mass is 311 g/mol. The molecule has 1 aliphatic rings. The van der Waals surface area contributed by atoms with Gasteiger partial charge in [0.05, 0.1) is 10.2 Å². The zero-order valence-corrected chi connectivity index (χ0v) is 12.0. The molecule has 1 saturated heterocycles. The summed E-state index contributed by atoms with van der Waals surface area (Å²) in [4.78, 5) is 6.96. The van der Waals surface area contributed by atoms with Crippen LogP contribution >= 0.6 is 27.3 Å². The normalized spacial score (nSPS) is 21.2. The highest BCUT2D eigenvalue weighted by Gasteiger charge is 2.20. The van der Waals surface area contributed by atoms with Gasteiger partial charge in [0.1, 0.15) is 0 Å². The summed E-state index contributed by atoms with van der Waals surface area (Å²) < 4.78 is 2.34. The number of halogens is 1. The molecule has 0 spiro atoms. The lowest BCUT2D eigenvalue weighted by Crippen LogP contribution is -2.23. The molecule has 1 aliphatic heterocycles. The Kier molecular flexibility index (Phi) is 3.06. The highest BCUT2D eigenvalue weighted by atomic mass is 79.9. The van der Waals surface area contributed by atoms with Gasteiger partial charge in [-0.25, -0.2) is 4.98 Å². The number of anilines is 1. The van der Waals surface area contributed by atoms with E-state index in [-0.39, 0.29) is 0 Å². The number of nitrogens with zero attached hydrogens (tertiary/aromatic N) is 2. The van der Waals surface area contributed by atoms with Crippen LogP contribution in [0.15, 0.2) is 22.7 Å². The van der Waals surface area contributed by atoms with E-state index in [9.17, 15) is 0 Å². The summed E-state index contributed by atoms with van der Waals surface area (Å²) in [7, 11) is 2.16. The molecule has 5 heteroatoms. The third-order valence-electron chi connectivity index (χ3n) is 3.07. The van der Waals surface area contributed by atoms with Crippen molar-refractivity contribution in [2.24, 2.45) is 0 Å².